The topological polar surface area (TPSA) is 112 Å². The fourth-order valence-electron chi connectivity index (χ4n) is 2.81. The van der Waals surface area contributed by atoms with Crippen LogP contribution in [0.25, 0.3) is 10.9 Å². The highest BCUT2D eigenvalue weighted by Crippen LogP contribution is 2.37. The van der Waals surface area contributed by atoms with Gasteiger partial charge in [-0.15, -0.1) is 5.11 Å². The molecule has 0 aliphatic heterocycles. The summed E-state index contributed by atoms with van der Waals surface area (Å²) in [7, 11) is 3.13. The Bertz CT molecular complexity index is 1170. The van der Waals surface area contributed by atoms with Crippen LogP contribution in [0.2, 0.25) is 0 Å². The van der Waals surface area contributed by atoms with Gasteiger partial charge in [0.25, 0.3) is 0 Å². The molecule has 0 saturated carbocycles. The minimum Gasteiger partial charge on any atom is -0.510 e. The van der Waals surface area contributed by atoms with Crippen molar-refractivity contribution in [2.75, 3.05) is 20.8 Å². The quantitative estimate of drug-likeness (QED) is 0.215. The molecule has 2 aromatic carbocycles. The highest BCUT2D eigenvalue weighted by atomic mass is 16.5. The molecule has 1 heterocycles. The number of hydrogen-bond acceptors (Lipinski definition) is 9. The Morgan fingerprint density at radius 1 is 1.03 bits per heavy atom. The molecular formula is C23H23N3O6. The number of methoxy groups -OCH3 is 2. The second-order valence-electron chi connectivity index (χ2n) is 6.48. The zero-order chi connectivity index (χ0) is 23.1. The number of hydrogen-bond donors (Lipinski definition) is 1. The summed E-state index contributed by atoms with van der Waals surface area (Å²) in [6, 6.07) is 12.1. The molecule has 0 bridgehead atoms. The Hall–Kier alpha value is -4.14. The lowest BCUT2D eigenvalue weighted by Gasteiger charge is -2.12. The van der Waals surface area contributed by atoms with Crippen LogP contribution in [0, 0.1) is 0 Å². The summed E-state index contributed by atoms with van der Waals surface area (Å²) in [4.78, 5) is 16.2. The van der Waals surface area contributed by atoms with Crippen molar-refractivity contribution in [3.8, 4) is 23.0 Å². The van der Waals surface area contributed by atoms with E-state index in [1.807, 2.05) is 0 Å². The molecule has 0 radical (unpaired) electrons. The number of allylic oxidation sites excluding steroid dienone is 1. The van der Waals surface area contributed by atoms with Crippen LogP contribution in [0.4, 0.5) is 5.69 Å². The van der Waals surface area contributed by atoms with E-state index >= 15 is 0 Å². The molecule has 0 saturated heterocycles. The van der Waals surface area contributed by atoms with E-state index in [4.69, 9.17) is 18.9 Å². The van der Waals surface area contributed by atoms with Gasteiger partial charge in [0.2, 0.25) is 5.70 Å². The van der Waals surface area contributed by atoms with Crippen LogP contribution in [-0.4, -0.2) is 36.9 Å². The maximum absolute atomic E-state index is 11.8. The molecular weight excluding hydrogens is 414 g/mol. The summed E-state index contributed by atoms with van der Waals surface area (Å²) < 4.78 is 21.6. The van der Waals surface area contributed by atoms with E-state index in [2.05, 4.69) is 15.2 Å². The number of carbonyl (C=O) groups excluding carboxylic acids is 1. The van der Waals surface area contributed by atoms with Crippen molar-refractivity contribution in [1.82, 2.24) is 4.98 Å². The number of benzene rings is 2. The summed E-state index contributed by atoms with van der Waals surface area (Å²) >= 11 is 0. The minimum atomic E-state index is -0.743. The Kier molecular flexibility index (Phi) is 7.22. The van der Waals surface area contributed by atoms with Gasteiger partial charge in [-0.1, -0.05) is 0 Å². The lowest BCUT2D eigenvalue weighted by Crippen LogP contribution is -2.07. The monoisotopic (exact) mass is 437 g/mol. The zero-order valence-electron chi connectivity index (χ0n) is 18.2. The van der Waals surface area contributed by atoms with E-state index in [0.29, 0.717) is 34.2 Å². The smallest absolute Gasteiger partial charge is 0.362 e. The van der Waals surface area contributed by atoms with Crippen molar-refractivity contribution in [2.45, 2.75) is 13.8 Å². The summed E-state index contributed by atoms with van der Waals surface area (Å²) in [5.74, 6) is 1.28. The number of aliphatic hydroxyl groups excluding tert-OH is 1. The van der Waals surface area contributed by atoms with Gasteiger partial charge in [-0.3, -0.25) is 4.98 Å². The molecule has 32 heavy (non-hydrogen) atoms. The summed E-state index contributed by atoms with van der Waals surface area (Å²) in [5.41, 5.74) is 0.912. The lowest BCUT2D eigenvalue weighted by molar-refractivity contribution is -0.138. The first-order chi connectivity index (χ1) is 15.5. The molecule has 0 aliphatic rings. The number of pyridine rings is 1. The highest BCUT2D eigenvalue weighted by molar-refractivity contribution is 5.89. The van der Waals surface area contributed by atoms with Gasteiger partial charge in [0, 0.05) is 17.6 Å². The SMILES string of the molecule is CCOC(=O)/C(N=Nc1ccc(Oc2ccnc3cc(OC)c(OC)cc23)cc1)=C(\C)O. The third-order valence-corrected chi connectivity index (χ3v) is 4.35. The molecule has 9 nitrogen and oxygen atoms in total. The van der Waals surface area contributed by atoms with Crippen LogP contribution in [0.3, 0.4) is 0 Å². The van der Waals surface area contributed by atoms with Crippen LogP contribution >= 0.6 is 0 Å². The average molecular weight is 437 g/mol. The fraction of sp³-hybridized carbons (Fsp3) is 0.217. The second kappa shape index (κ2) is 10.3. The normalized spacial score (nSPS) is 11.9. The fourth-order valence-corrected chi connectivity index (χ4v) is 2.81. The molecule has 3 rings (SSSR count). The van der Waals surface area contributed by atoms with Gasteiger partial charge in [0.15, 0.2) is 11.5 Å². The van der Waals surface area contributed by atoms with Crippen LogP contribution in [0.15, 0.2) is 70.3 Å². The van der Waals surface area contributed by atoms with Crippen LogP contribution < -0.4 is 14.2 Å². The second-order valence-corrected chi connectivity index (χ2v) is 6.48. The Morgan fingerprint density at radius 3 is 2.34 bits per heavy atom. The average Bonchev–Trinajstić information content (AvgIpc) is 2.79. The first-order valence-corrected chi connectivity index (χ1v) is 9.74. The number of ether oxygens (including phenoxy) is 4. The molecule has 1 aromatic heterocycles. The van der Waals surface area contributed by atoms with Gasteiger partial charge in [0.05, 0.1) is 32.0 Å². The number of fused-ring (bicyclic) bond motifs is 1. The highest BCUT2D eigenvalue weighted by Gasteiger charge is 2.14. The van der Waals surface area contributed by atoms with Gasteiger partial charge < -0.3 is 24.1 Å². The summed E-state index contributed by atoms with van der Waals surface area (Å²) in [6.45, 7) is 3.17. The van der Waals surface area contributed by atoms with Crippen molar-refractivity contribution in [1.29, 1.82) is 0 Å². The van der Waals surface area contributed by atoms with Gasteiger partial charge >= 0.3 is 5.97 Å². The van der Waals surface area contributed by atoms with E-state index in [9.17, 15) is 9.90 Å². The molecule has 1 N–H and O–H groups in total. The van der Waals surface area contributed by atoms with Crippen LogP contribution in [0.1, 0.15) is 13.8 Å². The lowest BCUT2D eigenvalue weighted by atomic mass is 10.2. The van der Waals surface area contributed by atoms with E-state index in [1.54, 1.807) is 69.8 Å². The van der Waals surface area contributed by atoms with Crippen molar-refractivity contribution in [2.24, 2.45) is 10.2 Å². The number of aliphatic hydroxyl groups is 1. The Morgan fingerprint density at radius 2 is 1.72 bits per heavy atom. The van der Waals surface area contributed by atoms with Gasteiger partial charge in [-0.2, -0.15) is 5.11 Å². The Labute approximate surface area is 184 Å². The van der Waals surface area contributed by atoms with E-state index in [1.165, 1.54) is 6.92 Å². The Balaban J connectivity index is 1.82. The first-order valence-electron chi connectivity index (χ1n) is 9.74. The number of nitrogens with zero attached hydrogens (tertiary/aromatic N) is 3. The molecule has 0 unspecified atom stereocenters. The van der Waals surface area contributed by atoms with Gasteiger partial charge in [-0.05, 0) is 50.2 Å². The van der Waals surface area contributed by atoms with E-state index in [-0.39, 0.29) is 18.1 Å². The van der Waals surface area contributed by atoms with Crippen molar-refractivity contribution in [3.05, 3.63) is 60.1 Å². The van der Waals surface area contributed by atoms with Crippen molar-refractivity contribution < 1.29 is 28.8 Å². The molecule has 0 atom stereocenters. The molecule has 0 fully saturated rings. The number of carbonyl (C=O) groups is 1. The molecule has 0 spiro atoms. The maximum Gasteiger partial charge on any atom is 0.362 e. The zero-order valence-corrected chi connectivity index (χ0v) is 18.2. The predicted molar refractivity (Wildman–Crippen MR) is 118 cm³/mol. The number of azo groups is 1. The molecule has 0 amide bonds. The third-order valence-electron chi connectivity index (χ3n) is 4.35. The summed E-state index contributed by atoms with van der Waals surface area (Å²) in [6.07, 6.45) is 1.65. The van der Waals surface area contributed by atoms with Crippen LogP contribution in [-0.2, 0) is 9.53 Å². The number of aromatic nitrogens is 1. The predicted octanol–water partition coefficient (Wildman–Crippen LogP) is 5.48. The standard InChI is InChI=1S/C23H23N3O6/c1-5-31-23(28)22(14(2)27)26-25-15-6-8-16(9-7-15)32-19-10-11-24-18-13-21(30-4)20(29-3)12-17(18)19/h6-13,27H,5H2,1-4H3/b22-14-,26-25?. The number of esters is 1. The van der Waals surface area contributed by atoms with Gasteiger partial charge in [0.1, 0.15) is 17.3 Å². The molecule has 166 valence electrons. The van der Waals surface area contributed by atoms with Gasteiger partial charge in [-0.25, -0.2) is 4.79 Å². The minimum absolute atomic E-state index is 0.166. The largest absolute Gasteiger partial charge is 0.510 e. The van der Waals surface area contributed by atoms with Crippen LogP contribution in [0.5, 0.6) is 23.0 Å². The first kappa shape index (κ1) is 22.5. The van der Waals surface area contributed by atoms with E-state index < -0.39 is 5.97 Å². The van der Waals surface area contributed by atoms with E-state index in [0.717, 1.165) is 5.39 Å². The molecule has 9 heteroatoms. The van der Waals surface area contributed by atoms with Crippen molar-refractivity contribution in [3.63, 3.8) is 0 Å². The van der Waals surface area contributed by atoms with Crippen molar-refractivity contribution >= 4 is 22.6 Å². The maximum atomic E-state index is 11.8. The summed E-state index contributed by atoms with van der Waals surface area (Å²) in [5, 5.41) is 18.2. The molecule has 3 aromatic rings. The molecule has 0 aliphatic carbocycles. The number of rotatable bonds is 8. The third kappa shape index (κ3) is 5.12.